The van der Waals surface area contributed by atoms with Gasteiger partial charge in [0.1, 0.15) is 5.82 Å². The van der Waals surface area contributed by atoms with Crippen LogP contribution in [0.15, 0.2) is 48.7 Å². The Morgan fingerprint density at radius 1 is 1.12 bits per heavy atom. The standard InChI is InChI=1S/C26H29N3O4/c1-17-16-27-29(21-11-7-9-19-8-5-6-10-20(19)21)26(17)28-24(30)13-12-18-14-22(31-2)25(33-4)23(15-18)32-3/h5-6,8,10,12-16,21H,7,9,11H2,1-4H3,(H,28,30)/b13-12+. The number of benzene rings is 2. The summed E-state index contributed by atoms with van der Waals surface area (Å²) < 4.78 is 18.1. The average Bonchev–Trinajstić information content (AvgIpc) is 3.21. The molecule has 4 rings (SSSR count). The van der Waals surface area contributed by atoms with Gasteiger partial charge in [0.05, 0.1) is 33.6 Å². The number of hydrogen-bond donors (Lipinski definition) is 1. The van der Waals surface area contributed by atoms with Gasteiger partial charge in [-0.2, -0.15) is 5.10 Å². The minimum Gasteiger partial charge on any atom is -0.493 e. The maximum absolute atomic E-state index is 12.8. The summed E-state index contributed by atoms with van der Waals surface area (Å²) in [7, 11) is 4.68. The van der Waals surface area contributed by atoms with E-state index in [9.17, 15) is 4.79 Å². The fraction of sp³-hybridized carbons (Fsp3) is 0.308. The first-order valence-corrected chi connectivity index (χ1v) is 11.0. The van der Waals surface area contributed by atoms with E-state index in [4.69, 9.17) is 14.2 Å². The fourth-order valence-electron chi connectivity index (χ4n) is 4.35. The molecule has 7 nitrogen and oxygen atoms in total. The maximum Gasteiger partial charge on any atom is 0.249 e. The molecule has 1 atom stereocenters. The van der Waals surface area contributed by atoms with Crippen LogP contribution < -0.4 is 19.5 Å². The monoisotopic (exact) mass is 447 g/mol. The van der Waals surface area contributed by atoms with Gasteiger partial charge in [-0.3, -0.25) is 4.79 Å². The number of carbonyl (C=O) groups excluding carboxylic acids is 1. The zero-order valence-electron chi connectivity index (χ0n) is 19.4. The Morgan fingerprint density at radius 3 is 2.55 bits per heavy atom. The Hall–Kier alpha value is -3.74. The summed E-state index contributed by atoms with van der Waals surface area (Å²) in [4.78, 5) is 12.8. The summed E-state index contributed by atoms with van der Waals surface area (Å²) in [6.45, 7) is 1.96. The summed E-state index contributed by atoms with van der Waals surface area (Å²) in [6.07, 6.45) is 8.16. The van der Waals surface area contributed by atoms with Crippen LogP contribution in [0.5, 0.6) is 17.2 Å². The first kappa shape index (κ1) is 22.5. The summed E-state index contributed by atoms with van der Waals surface area (Å²) in [5.74, 6) is 2.05. The minimum atomic E-state index is -0.238. The summed E-state index contributed by atoms with van der Waals surface area (Å²) >= 11 is 0. The zero-order valence-corrected chi connectivity index (χ0v) is 19.4. The van der Waals surface area contributed by atoms with E-state index in [2.05, 4.69) is 34.7 Å². The Balaban J connectivity index is 1.57. The number of anilines is 1. The molecule has 33 heavy (non-hydrogen) atoms. The molecule has 0 fully saturated rings. The van der Waals surface area contributed by atoms with Gasteiger partial charge in [0.15, 0.2) is 11.5 Å². The van der Waals surface area contributed by atoms with E-state index in [0.29, 0.717) is 17.2 Å². The molecule has 0 aliphatic heterocycles. The third-order valence-corrected chi connectivity index (χ3v) is 5.97. The fourth-order valence-corrected chi connectivity index (χ4v) is 4.35. The van der Waals surface area contributed by atoms with Crippen LogP contribution in [0.1, 0.15) is 41.1 Å². The number of ether oxygens (including phenoxy) is 3. The molecule has 1 aliphatic rings. The van der Waals surface area contributed by atoms with Crippen LogP contribution in [0.3, 0.4) is 0 Å². The molecule has 1 unspecified atom stereocenters. The van der Waals surface area contributed by atoms with Gasteiger partial charge in [-0.05, 0) is 61.1 Å². The number of aromatic nitrogens is 2. The van der Waals surface area contributed by atoms with Gasteiger partial charge in [-0.15, -0.1) is 0 Å². The highest BCUT2D eigenvalue weighted by Gasteiger charge is 2.25. The second kappa shape index (κ2) is 9.81. The van der Waals surface area contributed by atoms with Gasteiger partial charge in [0.2, 0.25) is 11.7 Å². The molecule has 1 N–H and O–H groups in total. The van der Waals surface area contributed by atoms with E-state index in [1.54, 1.807) is 45.7 Å². The van der Waals surface area contributed by atoms with Gasteiger partial charge in [0.25, 0.3) is 0 Å². The van der Waals surface area contributed by atoms with E-state index >= 15 is 0 Å². The predicted molar refractivity (Wildman–Crippen MR) is 128 cm³/mol. The van der Waals surface area contributed by atoms with Gasteiger partial charge in [0, 0.05) is 11.6 Å². The van der Waals surface area contributed by atoms with Crippen LogP contribution in [0, 0.1) is 6.92 Å². The molecule has 3 aromatic rings. The van der Waals surface area contributed by atoms with Crippen LogP contribution in [-0.4, -0.2) is 37.0 Å². The largest absolute Gasteiger partial charge is 0.493 e. The molecule has 0 saturated heterocycles. The van der Waals surface area contributed by atoms with Crippen molar-refractivity contribution >= 4 is 17.8 Å². The number of amides is 1. The Labute approximate surface area is 194 Å². The predicted octanol–water partition coefficient (Wildman–Crippen LogP) is 4.79. The number of nitrogens with zero attached hydrogens (tertiary/aromatic N) is 2. The molecular weight excluding hydrogens is 418 g/mol. The SMILES string of the molecule is COc1cc(/C=C/C(=O)Nc2c(C)cnn2C2CCCc3ccccc32)cc(OC)c1OC. The van der Waals surface area contributed by atoms with Crippen molar-refractivity contribution in [2.24, 2.45) is 0 Å². The van der Waals surface area contributed by atoms with E-state index in [1.807, 2.05) is 11.6 Å². The second-order valence-electron chi connectivity index (χ2n) is 8.01. The molecular formula is C26H29N3O4. The van der Waals surface area contributed by atoms with E-state index < -0.39 is 0 Å². The van der Waals surface area contributed by atoms with Crippen molar-refractivity contribution in [3.8, 4) is 17.2 Å². The van der Waals surface area contributed by atoms with Crippen LogP contribution in [0.25, 0.3) is 6.08 Å². The summed E-state index contributed by atoms with van der Waals surface area (Å²) in [5, 5.41) is 7.63. The topological polar surface area (TPSA) is 74.6 Å². The van der Waals surface area contributed by atoms with Crippen molar-refractivity contribution in [2.45, 2.75) is 32.2 Å². The lowest BCUT2D eigenvalue weighted by Crippen LogP contribution is -2.22. The number of carbonyl (C=O) groups is 1. The molecule has 0 saturated carbocycles. The van der Waals surface area contributed by atoms with Crippen molar-refractivity contribution in [3.63, 3.8) is 0 Å². The van der Waals surface area contributed by atoms with E-state index in [1.165, 1.54) is 17.2 Å². The number of nitrogens with one attached hydrogen (secondary N) is 1. The first-order chi connectivity index (χ1) is 16.0. The molecule has 1 aliphatic carbocycles. The molecule has 7 heteroatoms. The van der Waals surface area contributed by atoms with Crippen LogP contribution >= 0.6 is 0 Å². The van der Waals surface area contributed by atoms with Crippen molar-refractivity contribution < 1.29 is 19.0 Å². The van der Waals surface area contributed by atoms with Gasteiger partial charge in [-0.25, -0.2) is 4.68 Å². The normalized spacial score (nSPS) is 15.2. The highest BCUT2D eigenvalue weighted by molar-refractivity contribution is 6.02. The van der Waals surface area contributed by atoms with Gasteiger partial charge < -0.3 is 19.5 Å². The highest BCUT2D eigenvalue weighted by atomic mass is 16.5. The van der Waals surface area contributed by atoms with Crippen LogP contribution in [0.4, 0.5) is 5.82 Å². The van der Waals surface area contributed by atoms with E-state index in [-0.39, 0.29) is 11.9 Å². The van der Waals surface area contributed by atoms with Crippen molar-refractivity contribution in [3.05, 3.63) is 70.9 Å². The molecule has 1 heterocycles. The molecule has 1 aromatic heterocycles. The maximum atomic E-state index is 12.8. The molecule has 1 amide bonds. The molecule has 0 radical (unpaired) electrons. The lowest BCUT2D eigenvalue weighted by Gasteiger charge is -2.27. The molecule has 172 valence electrons. The number of fused-ring (bicyclic) bond motifs is 1. The summed E-state index contributed by atoms with van der Waals surface area (Å²) in [6, 6.07) is 12.2. The third kappa shape index (κ3) is 4.58. The number of hydrogen-bond acceptors (Lipinski definition) is 5. The zero-order chi connectivity index (χ0) is 23.4. The molecule has 2 aromatic carbocycles. The smallest absolute Gasteiger partial charge is 0.249 e. The Morgan fingerprint density at radius 2 is 1.85 bits per heavy atom. The van der Waals surface area contributed by atoms with Gasteiger partial charge in [-0.1, -0.05) is 24.3 Å². The number of aryl methyl sites for hydroxylation is 2. The number of rotatable bonds is 7. The van der Waals surface area contributed by atoms with Crippen LogP contribution in [0.2, 0.25) is 0 Å². The quantitative estimate of drug-likeness (QED) is 0.527. The summed E-state index contributed by atoms with van der Waals surface area (Å²) in [5.41, 5.74) is 4.30. The second-order valence-corrected chi connectivity index (χ2v) is 8.01. The van der Waals surface area contributed by atoms with Crippen molar-refractivity contribution in [2.75, 3.05) is 26.6 Å². The molecule has 0 bridgehead atoms. The highest BCUT2D eigenvalue weighted by Crippen LogP contribution is 2.38. The van der Waals surface area contributed by atoms with Crippen molar-refractivity contribution in [1.82, 2.24) is 9.78 Å². The van der Waals surface area contributed by atoms with E-state index in [0.717, 1.165) is 36.2 Å². The lowest BCUT2D eigenvalue weighted by molar-refractivity contribution is -0.111. The first-order valence-electron chi connectivity index (χ1n) is 11.0. The average molecular weight is 448 g/mol. The third-order valence-electron chi connectivity index (χ3n) is 5.97. The number of methoxy groups -OCH3 is 3. The van der Waals surface area contributed by atoms with Crippen molar-refractivity contribution in [1.29, 1.82) is 0 Å². The van der Waals surface area contributed by atoms with Gasteiger partial charge >= 0.3 is 0 Å². The van der Waals surface area contributed by atoms with Crippen LogP contribution in [-0.2, 0) is 11.2 Å². The molecule has 0 spiro atoms. The Kier molecular flexibility index (Phi) is 6.68. The Bertz CT molecular complexity index is 1160. The minimum absolute atomic E-state index is 0.109. The lowest BCUT2D eigenvalue weighted by atomic mass is 9.88.